The lowest BCUT2D eigenvalue weighted by Crippen LogP contribution is -2.69. The van der Waals surface area contributed by atoms with Crippen molar-refractivity contribution < 1.29 is 33.7 Å². The van der Waals surface area contributed by atoms with Crippen LogP contribution < -0.4 is 25.7 Å². The average molecular weight is 506 g/mol. The zero-order chi connectivity index (χ0) is 26.5. The summed E-state index contributed by atoms with van der Waals surface area (Å²) in [5, 5.41) is 10.1. The number of aliphatic hydroxyl groups is 1. The molecule has 0 bridgehead atoms. The van der Waals surface area contributed by atoms with E-state index in [1.165, 1.54) is 26.2 Å². The van der Waals surface area contributed by atoms with Gasteiger partial charge in [-0.2, -0.15) is 0 Å². The van der Waals surface area contributed by atoms with E-state index in [4.69, 9.17) is 25.7 Å². The molecule has 1 aliphatic heterocycles. The fraction of sp³-hybridized carbons (Fsp3) is 0.654. The Morgan fingerprint density at radius 2 is 1.61 bits per heavy atom. The SMILES string of the molecule is COc1cc([C@@H](C(=O)N2CCCCC2(C(N)=O)[C@H](CO)C(N)=O)C2CCCCC2)cc(OC)c1OC. The summed E-state index contributed by atoms with van der Waals surface area (Å²) in [5.41, 5.74) is 10.5. The smallest absolute Gasteiger partial charge is 0.244 e. The molecule has 200 valence electrons. The Morgan fingerprint density at radius 3 is 2.08 bits per heavy atom. The van der Waals surface area contributed by atoms with E-state index in [0.717, 1.165) is 32.1 Å². The number of primary amides is 2. The second-order valence-electron chi connectivity index (χ2n) is 9.71. The number of methoxy groups -OCH3 is 3. The molecule has 1 aliphatic carbocycles. The predicted molar refractivity (Wildman–Crippen MR) is 133 cm³/mol. The highest BCUT2D eigenvalue weighted by molar-refractivity contribution is 5.97. The van der Waals surface area contributed by atoms with Crippen LogP contribution in [0.15, 0.2) is 12.1 Å². The van der Waals surface area contributed by atoms with Gasteiger partial charge in [-0.05, 0) is 55.7 Å². The molecule has 2 aliphatic rings. The van der Waals surface area contributed by atoms with Gasteiger partial charge in [-0.1, -0.05) is 19.3 Å². The molecule has 0 radical (unpaired) electrons. The molecule has 5 N–H and O–H groups in total. The van der Waals surface area contributed by atoms with Gasteiger partial charge in [0.1, 0.15) is 5.54 Å². The van der Waals surface area contributed by atoms with Crippen LogP contribution in [0.5, 0.6) is 17.2 Å². The Kier molecular flexibility index (Phi) is 9.05. The molecule has 0 spiro atoms. The van der Waals surface area contributed by atoms with Gasteiger partial charge < -0.3 is 35.7 Å². The Labute approximate surface area is 212 Å². The van der Waals surface area contributed by atoms with Crippen LogP contribution in [0, 0.1) is 11.8 Å². The minimum atomic E-state index is -1.69. The molecular formula is C26H39N3O7. The normalized spacial score (nSPS) is 22.4. The third-order valence-corrected chi connectivity index (χ3v) is 7.90. The molecule has 36 heavy (non-hydrogen) atoms. The van der Waals surface area contributed by atoms with Crippen molar-refractivity contribution in [3.05, 3.63) is 17.7 Å². The van der Waals surface area contributed by atoms with Crippen LogP contribution in [0.3, 0.4) is 0 Å². The molecule has 3 atom stereocenters. The average Bonchev–Trinajstić information content (AvgIpc) is 2.88. The minimum absolute atomic E-state index is 0.00251. The van der Waals surface area contributed by atoms with Gasteiger partial charge in [-0.3, -0.25) is 14.4 Å². The molecule has 0 aromatic heterocycles. The van der Waals surface area contributed by atoms with E-state index >= 15 is 0 Å². The standard InChI is InChI=1S/C26H39N3O7/c1-34-19-13-17(14-20(35-2)22(19)36-3)21(16-9-5-4-6-10-16)24(32)29-12-8-7-11-26(29,25(28)33)18(15-30)23(27)31/h13-14,16,18,21,30H,4-12,15H2,1-3H3,(H2,27,31)(H2,28,33)/t18-,21+,26?/m1/s1. The van der Waals surface area contributed by atoms with Gasteiger partial charge in [-0.25, -0.2) is 0 Å². The Bertz CT molecular complexity index is 938. The van der Waals surface area contributed by atoms with Crippen LogP contribution in [0.4, 0.5) is 0 Å². The number of aliphatic hydroxyl groups excluding tert-OH is 1. The number of nitrogens with zero attached hydrogens (tertiary/aromatic N) is 1. The molecule has 10 nitrogen and oxygen atoms in total. The van der Waals surface area contributed by atoms with Crippen molar-refractivity contribution in [3.63, 3.8) is 0 Å². The zero-order valence-corrected chi connectivity index (χ0v) is 21.5. The fourth-order valence-electron chi connectivity index (χ4n) is 6.11. The lowest BCUT2D eigenvalue weighted by molar-refractivity contribution is -0.160. The monoisotopic (exact) mass is 505 g/mol. The molecule has 1 aromatic rings. The first-order valence-electron chi connectivity index (χ1n) is 12.6. The first-order chi connectivity index (χ1) is 17.3. The number of carbonyl (C=O) groups is 3. The summed E-state index contributed by atoms with van der Waals surface area (Å²) >= 11 is 0. The minimum Gasteiger partial charge on any atom is -0.493 e. The van der Waals surface area contributed by atoms with Crippen LogP contribution in [0.2, 0.25) is 0 Å². The summed E-state index contributed by atoms with van der Waals surface area (Å²) in [6.07, 6.45) is 6.12. The number of hydrogen-bond donors (Lipinski definition) is 3. The highest BCUT2D eigenvalue weighted by Gasteiger charge is 2.55. The second-order valence-corrected chi connectivity index (χ2v) is 9.71. The summed E-state index contributed by atoms with van der Waals surface area (Å²) in [7, 11) is 4.54. The van der Waals surface area contributed by atoms with Crippen LogP contribution >= 0.6 is 0 Å². The van der Waals surface area contributed by atoms with Crippen LogP contribution in [0.25, 0.3) is 0 Å². The largest absolute Gasteiger partial charge is 0.493 e. The number of nitrogens with two attached hydrogens (primary N) is 2. The van der Waals surface area contributed by atoms with Gasteiger partial charge >= 0.3 is 0 Å². The van der Waals surface area contributed by atoms with Crippen molar-refractivity contribution in [3.8, 4) is 17.2 Å². The van der Waals surface area contributed by atoms with Crippen molar-refractivity contribution in [1.29, 1.82) is 0 Å². The van der Waals surface area contributed by atoms with E-state index in [0.29, 0.717) is 35.7 Å². The maximum absolute atomic E-state index is 14.5. The fourth-order valence-corrected chi connectivity index (χ4v) is 6.11. The number of rotatable bonds is 10. The summed E-state index contributed by atoms with van der Waals surface area (Å²) < 4.78 is 16.6. The van der Waals surface area contributed by atoms with Gasteiger partial charge in [0.05, 0.1) is 39.8 Å². The predicted octanol–water partition coefficient (Wildman–Crippen LogP) is 1.71. The molecule has 10 heteroatoms. The molecule has 3 rings (SSSR count). The third-order valence-electron chi connectivity index (χ3n) is 7.90. The van der Waals surface area contributed by atoms with Crippen molar-refractivity contribution in [2.24, 2.45) is 23.3 Å². The molecule has 3 amide bonds. The molecule has 1 unspecified atom stereocenters. The summed E-state index contributed by atoms with van der Waals surface area (Å²) in [6.45, 7) is -0.445. The van der Waals surface area contributed by atoms with Gasteiger partial charge in [0.15, 0.2) is 11.5 Å². The topological polar surface area (TPSA) is 154 Å². The number of amides is 3. The van der Waals surface area contributed by atoms with E-state index in [1.807, 2.05) is 0 Å². The van der Waals surface area contributed by atoms with E-state index in [1.54, 1.807) is 12.1 Å². The molecule has 1 saturated heterocycles. The summed E-state index contributed by atoms with van der Waals surface area (Å²) in [4.78, 5) is 41.2. The van der Waals surface area contributed by atoms with E-state index in [-0.39, 0.29) is 24.8 Å². The summed E-state index contributed by atoms with van der Waals surface area (Å²) in [6, 6.07) is 3.54. The number of piperidine rings is 1. The lowest BCUT2D eigenvalue weighted by Gasteiger charge is -2.49. The van der Waals surface area contributed by atoms with Gasteiger partial charge in [0.25, 0.3) is 0 Å². The Morgan fingerprint density at radius 1 is 1.00 bits per heavy atom. The third kappa shape index (κ3) is 4.96. The number of hydrogen-bond acceptors (Lipinski definition) is 7. The van der Waals surface area contributed by atoms with Crippen molar-refractivity contribution in [2.75, 3.05) is 34.5 Å². The van der Waals surface area contributed by atoms with Crippen molar-refractivity contribution >= 4 is 17.7 Å². The molecule has 1 aromatic carbocycles. The van der Waals surface area contributed by atoms with Gasteiger partial charge in [-0.15, -0.1) is 0 Å². The summed E-state index contributed by atoms with van der Waals surface area (Å²) in [5.74, 6) is -2.68. The maximum atomic E-state index is 14.5. The number of ether oxygens (including phenoxy) is 3. The first kappa shape index (κ1) is 27.6. The number of benzene rings is 1. The van der Waals surface area contributed by atoms with Gasteiger partial charge in [0.2, 0.25) is 23.5 Å². The van der Waals surface area contributed by atoms with E-state index in [9.17, 15) is 19.5 Å². The Hall–Kier alpha value is -3.01. The van der Waals surface area contributed by atoms with E-state index in [2.05, 4.69) is 0 Å². The maximum Gasteiger partial charge on any atom is 0.244 e. The lowest BCUT2D eigenvalue weighted by atomic mass is 9.71. The highest BCUT2D eigenvalue weighted by Crippen LogP contribution is 2.46. The van der Waals surface area contributed by atoms with E-state index < -0.39 is 35.8 Å². The Balaban J connectivity index is 2.18. The molecule has 2 fully saturated rings. The number of carbonyl (C=O) groups excluding carboxylic acids is 3. The number of likely N-dealkylation sites (tertiary alicyclic amines) is 1. The zero-order valence-electron chi connectivity index (χ0n) is 21.5. The molecular weight excluding hydrogens is 466 g/mol. The quantitative estimate of drug-likeness (QED) is 0.437. The van der Waals surface area contributed by atoms with Crippen molar-refractivity contribution in [1.82, 2.24) is 4.90 Å². The first-order valence-corrected chi connectivity index (χ1v) is 12.6. The van der Waals surface area contributed by atoms with Gasteiger partial charge in [0, 0.05) is 6.54 Å². The highest BCUT2D eigenvalue weighted by atomic mass is 16.5. The van der Waals surface area contributed by atoms with Crippen LogP contribution in [-0.2, 0) is 14.4 Å². The second kappa shape index (κ2) is 11.8. The molecule has 1 heterocycles. The van der Waals surface area contributed by atoms with Crippen LogP contribution in [-0.4, -0.2) is 67.7 Å². The van der Waals surface area contributed by atoms with Crippen molar-refractivity contribution in [2.45, 2.75) is 62.8 Å². The molecule has 1 saturated carbocycles. The van der Waals surface area contributed by atoms with Crippen LogP contribution in [0.1, 0.15) is 62.8 Å².